The lowest BCUT2D eigenvalue weighted by atomic mass is 10.1. The summed E-state index contributed by atoms with van der Waals surface area (Å²) in [5.74, 6) is 1.07. The molecule has 84 valence electrons. The van der Waals surface area contributed by atoms with E-state index in [0.717, 1.165) is 25.6 Å². The molecule has 0 amide bonds. The molecule has 2 aliphatic heterocycles. The molecular weight excluding hydrogens is 198 g/mol. The van der Waals surface area contributed by atoms with Crippen LogP contribution in [0.5, 0.6) is 0 Å². The van der Waals surface area contributed by atoms with Crippen molar-refractivity contribution in [3.8, 4) is 0 Å². The summed E-state index contributed by atoms with van der Waals surface area (Å²) in [7, 11) is 0. The number of aliphatic imine (C=N–C) groups is 1. The first-order valence-corrected chi connectivity index (χ1v) is 6.08. The Hall–Kier alpha value is -1.51. The highest BCUT2D eigenvalue weighted by Gasteiger charge is 2.18. The van der Waals surface area contributed by atoms with Crippen molar-refractivity contribution in [2.24, 2.45) is 4.99 Å². The topological polar surface area (TPSA) is 27.6 Å². The summed E-state index contributed by atoms with van der Waals surface area (Å²) in [4.78, 5) is 7.00. The van der Waals surface area contributed by atoms with Crippen molar-refractivity contribution >= 4 is 11.6 Å². The Morgan fingerprint density at radius 2 is 1.88 bits per heavy atom. The fourth-order valence-electron chi connectivity index (χ4n) is 2.38. The van der Waals surface area contributed by atoms with E-state index in [0.29, 0.717) is 0 Å². The smallest absolute Gasteiger partial charge is 0.198 e. The second-order valence-corrected chi connectivity index (χ2v) is 4.47. The number of nitrogens with one attached hydrogen (secondary N) is 1. The summed E-state index contributed by atoms with van der Waals surface area (Å²) in [6.45, 7) is 3.11. The van der Waals surface area contributed by atoms with Gasteiger partial charge in [0.2, 0.25) is 0 Å². The van der Waals surface area contributed by atoms with Crippen LogP contribution < -0.4 is 5.32 Å². The Balaban J connectivity index is 1.77. The molecule has 0 saturated carbocycles. The molecule has 0 spiro atoms. The Morgan fingerprint density at radius 3 is 2.75 bits per heavy atom. The molecule has 3 rings (SSSR count). The molecule has 2 aliphatic rings. The maximum absolute atomic E-state index is 4.63. The number of piperidine rings is 1. The molecule has 0 aliphatic carbocycles. The minimum absolute atomic E-state index is 0.814. The molecule has 0 unspecified atom stereocenters. The van der Waals surface area contributed by atoms with Crippen LogP contribution in [-0.4, -0.2) is 23.9 Å². The number of likely N-dealkylation sites (tertiary alicyclic amines) is 1. The lowest BCUT2D eigenvalue weighted by molar-refractivity contribution is 0.340. The summed E-state index contributed by atoms with van der Waals surface area (Å²) in [5, 5.41) is 3.44. The van der Waals surface area contributed by atoms with Crippen LogP contribution in [0.25, 0.3) is 0 Å². The molecule has 0 radical (unpaired) electrons. The number of hydrogen-bond acceptors (Lipinski definition) is 3. The summed E-state index contributed by atoms with van der Waals surface area (Å²) >= 11 is 0. The van der Waals surface area contributed by atoms with Gasteiger partial charge in [0, 0.05) is 18.8 Å². The minimum Gasteiger partial charge on any atom is -0.343 e. The number of benzene rings is 1. The molecule has 0 bridgehead atoms. The van der Waals surface area contributed by atoms with Crippen molar-refractivity contribution in [3.63, 3.8) is 0 Å². The van der Waals surface area contributed by atoms with Gasteiger partial charge in [0.15, 0.2) is 5.96 Å². The van der Waals surface area contributed by atoms with Gasteiger partial charge in [-0.1, -0.05) is 18.2 Å². The molecule has 1 N–H and O–H groups in total. The number of hydrogen-bond donors (Lipinski definition) is 1. The molecule has 1 aromatic carbocycles. The lowest BCUT2D eigenvalue weighted by Crippen LogP contribution is -2.41. The van der Waals surface area contributed by atoms with E-state index in [1.165, 1.54) is 30.5 Å². The average molecular weight is 215 g/mol. The van der Waals surface area contributed by atoms with Crippen molar-refractivity contribution in [2.75, 3.05) is 18.4 Å². The van der Waals surface area contributed by atoms with Gasteiger partial charge in [-0.05, 0) is 30.9 Å². The summed E-state index contributed by atoms with van der Waals surface area (Å²) in [5.41, 5.74) is 2.52. The minimum atomic E-state index is 0.814. The zero-order valence-electron chi connectivity index (χ0n) is 9.45. The van der Waals surface area contributed by atoms with Crippen LogP contribution in [0.3, 0.4) is 0 Å². The highest BCUT2D eigenvalue weighted by molar-refractivity contribution is 5.95. The molecule has 0 atom stereocenters. The van der Waals surface area contributed by atoms with E-state index in [4.69, 9.17) is 0 Å². The Bertz CT molecular complexity index is 405. The molecule has 3 heteroatoms. The molecule has 16 heavy (non-hydrogen) atoms. The van der Waals surface area contributed by atoms with E-state index in [1.807, 2.05) is 0 Å². The summed E-state index contributed by atoms with van der Waals surface area (Å²) < 4.78 is 0. The van der Waals surface area contributed by atoms with E-state index in [2.05, 4.69) is 39.5 Å². The van der Waals surface area contributed by atoms with Gasteiger partial charge in [-0.25, -0.2) is 4.99 Å². The molecule has 1 fully saturated rings. The van der Waals surface area contributed by atoms with Crippen LogP contribution in [0.1, 0.15) is 24.8 Å². The average Bonchev–Trinajstić information content (AvgIpc) is 2.39. The number of anilines is 1. The number of fused-ring (bicyclic) bond motifs is 1. The monoisotopic (exact) mass is 215 g/mol. The van der Waals surface area contributed by atoms with E-state index < -0.39 is 0 Å². The fraction of sp³-hybridized carbons (Fsp3) is 0.462. The first kappa shape index (κ1) is 9.70. The van der Waals surface area contributed by atoms with Gasteiger partial charge in [0.05, 0.1) is 6.54 Å². The Kier molecular flexibility index (Phi) is 2.52. The van der Waals surface area contributed by atoms with Crippen molar-refractivity contribution < 1.29 is 0 Å². The maximum atomic E-state index is 4.63. The van der Waals surface area contributed by atoms with Crippen LogP contribution >= 0.6 is 0 Å². The first-order valence-electron chi connectivity index (χ1n) is 6.08. The van der Waals surface area contributed by atoms with E-state index in [1.54, 1.807) is 0 Å². The molecule has 2 heterocycles. The van der Waals surface area contributed by atoms with Gasteiger partial charge in [-0.2, -0.15) is 0 Å². The molecule has 1 aromatic rings. The second-order valence-electron chi connectivity index (χ2n) is 4.47. The van der Waals surface area contributed by atoms with Crippen LogP contribution in [0.4, 0.5) is 5.69 Å². The second kappa shape index (κ2) is 4.16. The van der Waals surface area contributed by atoms with Crippen LogP contribution in [0.15, 0.2) is 29.3 Å². The van der Waals surface area contributed by atoms with E-state index >= 15 is 0 Å². The molecule has 3 nitrogen and oxygen atoms in total. The van der Waals surface area contributed by atoms with Crippen LogP contribution in [0, 0.1) is 0 Å². The van der Waals surface area contributed by atoms with Gasteiger partial charge >= 0.3 is 0 Å². The summed E-state index contributed by atoms with van der Waals surface area (Å²) in [6, 6.07) is 8.42. The van der Waals surface area contributed by atoms with Crippen molar-refractivity contribution in [3.05, 3.63) is 29.8 Å². The van der Waals surface area contributed by atoms with Crippen molar-refractivity contribution in [1.29, 1.82) is 0 Å². The van der Waals surface area contributed by atoms with Crippen molar-refractivity contribution in [1.82, 2.24) is 4.90 Å². The highest BCUT2D eigenvalue weighted by atomic mass is 15.3. The number of para-hydroxylation sites is 1. The van der Waals surface area contributed by atoms with Gasteiger partial charge in [-0.3, -0.25) is 0 Å². The normalized spacial score (nSPS) is 19.8. The third-order valence-corrected chi connectivity index (χ3v) is 3.32. The standard InChI is InChI=1S/C13H17N3/c1-4-8-16(9-5-1)13-14-10-11-6-2-3-7-12(11)15-13/h2-3,6-7H,1,4-5,8-10H2,(H,14,15). The predicted octanol–water partition coefficient (Wildman–Crippen LogP) is 2.45. The van der Waals surface area contributed by atoms with E-state index in [-0.39, 0.29) is 0 Å². The molecular formula is C13H17N3. The number of nitrogens with zero attached hydrogens (tertiary/aromatic N) is 2. The summed E-state index contributed by atoms with van der Waals surface area (Å²) in [6.07, 6.45) is 3.95. The van der Waals surface area contributed by atoms with E-state index in [9.17, 15) is 0 Å². The molecule has 1 saturated heterocycles. The van der Waals surface area contributed by atoms with Gasteiger partial charge in [-0.15, -0.1) is 0 Å². The number of rotatable bonds is 0. The fourth-order valence-corrected chi connectivity index (χ4v) is 2.38. The van der Waals surface area contributed by atoms with Gasteiger partial charge in [0.1, 0.15) is 0 Å². The highest BCUT2D eigenvalue weighted by Crippen LogP contribution is 2.21. The largest absolute Gasteiger partial charge is 0.343 e. The first-order chi connectivity index (χ1) is 7.93. The Morgan fingerprint density at radius 1 is 1.06 bits per heavy atom. The third kappa shape index (κ3) is 1.77. The van der Waals surface area contributed by atoms with Crippen LogP contribution in [0.2, 0.25) is 0 Å². The van der Waals surface area contributed by atoms with Crippen LogP contribution in [-0.2, 0) is 6.54 Å². The zero-order valence-corrected chi connectivity index (χ0v) is 9.45. The van der Waals surface area contributed by atoms with Crippen molar-refractivity contribution in [2.45, 2.75) is 25.8 Å². The zero-order chi connectivity index (χ0) is 10.8. The predicted molar refractivity (Wildman–Crippen MR) is 66.6 cm³/mol. The maximum Gasteiger partial charge on any atom is 0.198 e. The number of guanidine groups is 1. The Labute approximate surface area is 96.2 Å². The third-order valence-electron chi connectivity index (χ3n) is 3.32. The SMILES string of the molecule is c1ccc2c(c1)CN=C(N1CCCCC1)N2. The quantitative estimate of drug-likeness (QED) is 0.720. The molecule has 0 aromatic heterocycles. The van der Waals surface area contributed by atoms with Gasteiger partial charge < -0.3 is 10.2 Å². The van der Waals surface area contributed by atoms with Gasteiger partial charge in [0.25, 0.3) is 0 Å². The lowest BCUT2D eigenvalue weighted by Gasteiger charge is -2.32.